The summed E-state index contributed by atoms with van der Waals surface area (Å²) < 4.78 is 0. The zero-order chi connectivity index (χ0) is 14.5. The predicted molar refractivity (Wildman–Crippen MR) is 78.3 cm³/mol. The Balaban J connectivity index is 1.80. The summed E-state index contributed by atoms with van der Waals surface area (Å²) in [6.45, 7) is 5.39. The molecule has 4 nitrogen and oxygen atoms in total. The highest BCUT2D eigenvalue weighted by Gasteiger charge is 2.22. The molecule has 0 aliphatic carbocycles. The Bertz CT molecular complexity index is 499. The zero-order valence-electron chi connectivity index (χ0n) is 12.2. The molecule has 0 aromatic heterocycles. The summed E-state index contributed by atoms with van der Waals surface area (Å²) in [5.74, 6) is 0.208. The maximum atomic E-state index is 12.0. The second-order valence-electron chi connectivity index (χ2n) is 5.58. The first kappa shape index (κ1) is 14.6. The molecule has 2 rings (SSSR count). The van der Waals surface area contributed by atoms with Crippen LogP contribution in [0.1, 0.15) is 30.9 Å². The summed E-state index contributed by atoms with van der Waals surface area (Å²) in [5.41, 5.74) is 2.18. The third-order valence-electron chi connectivity index (χ3n) is 3.52. The van der Waals surface area contributed by atoms with Crippen LogP contribution in [0.4, 0.5) is 0 Å². The second kappa shape index (κ2) is 6.55. The molecule has 1 aliphatic heterocycles. The van der Waals surface area contributed by atoms with E-state index in [4.69, 9.17) is 0 Å². The Hall–Kier alpha value is -1.84. The normalized spacial score (nSPS) is 16.3. The predicted octanol–water partition coefficient (Wildman–Crippen LogP) is 1.66. The van der Waals surface area contributed by atoms with Gasteiger partial charge in [0.15, 0.2) is 0 Å². The van der Waals surface area contributed by atoms with E-state index < -0.39 is 0 Å². The average molecular weight is 274 g/mol. The smallest absolute Gasteiger partial charge is 0.224 e. The van der Waals surface area contributed by atoms with Gasteiger partial charge in [0, 0.05) is 25.6 Å². The van der Waals surface area contributed by atoms with Crippen LogP contribution in [0.25, 0.3) is 0 Å². The number of rotatable bonds is 5. The van der Waals surface area contributed by atoms with Gasteiger partial charge in [-0.25, -0.2) is 0 Å². The Labute approximate surface area is 120 Å². The van der Waals surface area contributed by atoms with Crippen molar-refractivity contribution in [2.24, 2.45) is 0 Å². The molecule has 4 heteroatoms. The first-order valence-corrected chi connectivity index (χ1v) is 7.17. The quantitative estimate of drug-likeness (QED) is 0.888. The van der Waals surface area contributed by atoms with Gasteiger partial charge in [-0.3, -0.25) is 9.59 Å². The van der Waals surface area contributed by atoms with E-state index in [1.165, 1.54) is 0 Å². The summed E-state index contributed by atoms with van der Waals surface area (Å²) in [5, 5.41) is 2.96. The van der Waals surface area contributed by atoms with Crippen LogP contribution < -0.4 is 5.32 Å². The Kier molecular flexibility index (Phi) is 4.77. The van der Waals surface area contributed by atoms with Crippen LogP contribution in [-0.4, -0.2) is 35.8 Å². The van der Waals surface area contributed by atoms with Crippen molar-refractivity contribution in [2.75, 3.05) is 13.1 Å². The number of likely N-dealkylation sites (tertiary alicyclic amines) is 1. The Morgan fingerprint density at radius 1 is 1.45 bits per heavy atom. The van der Waals surface area contributed by atoms with Gasteiger partial charge >= 0.3 is 0 Å². The van der Waals surface area contributed by atoms with Gasteiger partial charge in [-0.1, -0.05) is 29.8 Å². The largest absolute Gasteiger partial charge is 0.352 e. The summed E-state index contributed by atoms with van der Waals surface area (Å²) >= 11 is 0. The molecule has 108 valence electrons. The fraction of sp³-hybridized carbons (Fsp3) is 0.500. The van der Waals surface area contributed by atoms with E-state index in [1.807, 2.05) is 43.0 Å². The van der Waals surface area contributed by atoms with Crippen LogP contribution >= 0.6 is 0 Å². The van der Waals surface area contributed by atoms with E-state index >= 15 is 0 Å². The number of hydrogen-bond acceptors (Lipinski definition) is 2. The van der Waals surface area contributed by atoms with E-state index in [9.17, 15) is 9.59 Å². The molecule has 1 aromatic rings. The fourth-order valence-electron chi connectivity index (χ4n) is 2.61. The number of amides is 2. The summed E-state index contributed by atoms with van der Waals surface area (Å²) in [7, 11) is 0. The number of nitrogens with one attached hydrogen (secondary N) is 1. The van der Waals surface area contributed by atoms with Gasteiger partial charge in [0.05, 0.1) is 6.42 Å². The number of hydrogen-bond donors (Lipinski definition) is 1. The molecule has 1 fully saturated rings. The van der Waals surface area contributed by atoms with Crippen molar-refractivity contribution in [1.29, 1.82) is 0 Å². The molecule has 0 saturated carbocycles. The number of carbonyl (C=O) groups excluding carboxylic acids is 2. The van der Waals surface area contributed by atoms with Crippen molar-refractivity contribution < 1.29 is 9.59 Å². The SMILES string of the molecule is Cc1cccc(CC(=O)N[C@H](C)CN2CCCC2=O)c1. The first-order chi connectivity index (χ1) is 9.54. The van der Waals surface area contributed by atoms with Crippen molar-refractivity contribution >= 4 is 11.8 Å². The first-order valence-electron chi connectivity index (χ1n) is 7.17. The minimum Gasteiger partial charge on any atom is -0.352 e. The third kappa shape index (κ3) is 4.08. The molecule has 1 saturated heterocycles. The van der Waals surface area contributed by atoms with E-state index in [1.54, 1.807) is 0 Å². The Morgan fingerprint density at radius 3 is 2.90 bits per heavy atom. The van der Waals surface area contributed by atoms with E-state index in [2.05, 4.69) is 5.32 Å². The second-order valence-corrected chi connectivity index (χ2v) is 5.58. The minimum atomic E-state index is -0.00522. The minimum absolute atomic E-state index is 0.00522. The Morgan fingerprint density at radius 2 is 2.25 bits per heavy atom. The molecule has 1 aliphatic rings. The van der Waals surface area contributed by atoms with Gasteiger partial charge in [-0.15, -0.1) is 0 Å². The van der Waals surface area contributed by atoms with Crippen molar-refractivity contribution in [3.05, 3.63) is 35.4 Å². The molecule has 0 radical (unpaired) electrons. The molecule has 1 aromatic carbocycles. The lowest BCUT2D eigenvalue weighted by molar-refractivity contribution is -0.129. The van der Waals surface area contributed by atoms with Crippen molar-refractivity contribution in [2.45, 2.75) is 39.2 Å². The van der Waals surface area contributed by atoms with Crippen molar-refractivity contribution in [1.82, 2.24) is 10.2 Å². The van der Waals surface area contributed by atoms with E-state index in [-0.39, 0.29) is 17.9 Å². The average Bonchev–Trinajstić information content (AvgIpc) is 2.74. The molecule has 1 atom stereocenters. The van der Waals surface area contributed by atoms with E-state index in [0.29, 0.717) is 19.4 Å². The topological polar surface area (TPSA) is 49.4 Å². The van der Waals surface area contributed by atoms with Crippen LogP contribution in [0.5, 0.6) is 0 Å². The molecule has 0 bridgehead atoms. The third-order valence-corrected chi connectivity index (χ3v) is 3.52. The molecular weight excluding hydrogens is 252 g/mol. The van der Waals surface area contributed by atoms with Gasteiger partial charge in [0.2, 0.25) is 11.8 Å². The number of benzene rings is 1. The maximum absolute atomic E-state index is 12.0. The summed E-state index contributed by atoms with van der Waals surface area (Å²) in [4.78, 5) is 25.3. The van der Waals surface area contributed by atoms with Crippen LogP contribution in [0, 0.1) is 6.92 Å². The zero-order valence-corrected chi connectivity index (χ0v) is 12.2. The molecule has 2 amide bonds. The lowest BCUT2D eigenvalue weighted by Gasteiger charge is -2.21. The van der Waals surface area contributed by atoms with Crippen molar-refractivity contribution in [3.8, 4) is 0 Å². The van der Waals surface area contributed by atoms with Crippen LogP contribution in [0.15, 0.2) is 24.3 Å². The molecule has 1 heterocycles. The van der Waals surface area contributed by atoms with Crippen LogP contribution in [0.2, 0.25) is 0 Å². The van der Waals surface area contributed by atoms with Crippen LogP contribution in [0.3, 0.4) is 0 Å². The highest BCUT2D eigenvalue weighted by molar-refractivity contribution is 5.79. The number of carbonyl (C=O) groups is 2. The van der Waals surface area contributed by atoms with Crippen molar-refractivity contribution in [3.63, 3.8) is 0 Å². The lowest BCUT2D eigenvalue weighted by Crippen LogP contribution is -2.42. The van der Waals surface area contributed by atoms with Gasteiger partial charge in [0.25, 0.3) is 0 Å². The molecular formula is C16H22N2O2. The lowest BCUT2D eigenvalue weighted by atomic mass is 10.1. The van der Waals surface area contributed by atoms with Gasteiger partial charge in [-0.05, 0) is 25.8 Å². The molecule has 20 heavy (non-hydrogen) atoms. The molecule has 0 unspecified atom stereocenters. The molecule has 1 N–H and O–H groups in total. The van der Waals surface area contributed by atoms with Crippen LogP contribution in [-0.2, 0) is 16.0 Å². The number of nitrogens with zero attached hydrogens (tertiary/aromatic N) is 1. The number of aryl methyl sites for hydroxylation is 1. The van der Waals surface area contributed by atoms with Gasteiger partial charge in [0.1, 0.15) is 0 Å². The van der Waals surface area contributed by atoms with Gasteiger partial charge < -0.3 is 10.2 Å². The highest BCUT2D eigenvalue weighted by atomic mass is 16.2. The molecule has 0 spiro atoms. The standard InChI is InChI=1S/C16H22N2O2/c1-12-5-3-6-14(9-12)10-15(19)17-13(2)11-18-8-4-7-16(18)20/h3,5-6,9,13H,4,7-8,10-11H2,1-2H3,(H,17,19)/t13-/m1/s1. The summed E-state index contributed by atoms with van der Waals surface area (Å²) in [6, 6.07) is 7.96. The fourth-order valence-corrected chi connectivity index (χ4v) is 2.61. The highest BCUT2D eigenvalue weighted by Crippen LogP contribution is 2.10. The summed E-state index contributed by atoms with van der Waals surface area (Å²) in [6.07, 6.45) is 1.96. The van der Waals surface area contributed by atoms with E-state index in [0.717, 1.165) is 24.1 Å². The monoisotopic (exact) mass is 274 g/mol. The van der Waals surface area contributed by atoms with Gasteiger partial charge in [-0.2, -0.15) is 0 Å². The maximum Gasteiger partial charge on any atom is 0.224 e.